The second kappa shape index (κ2) is 6.56. The van der Waals surface area contributed by atoms with E-state index in [-0.39, 0.29) is 17.6 Å². The topological polar surface area (TPSA) is 20.3 Å². The molecule has 0 saturated carbocycles. The third-order valence-electron chi connectivity index (χ3n) is 4.60. The SMILES string of the molecule is Cc1c(Cl)cc(C(C)C)c(-c2cccc(F)c2)c1N1CCCC1=O. The molecule has 126 valence electrons. The third-order valence-corrected chi connectivity index (χ3v) is 4.99. The lowest BCUT2D eigenvalue weighted by Crippen LogP contribution is -2.26. The summed E-state index contributed by atoms with van der Waals surface area (Å²) in [6.07, 6.45) is 1.38. The average molecular weight is 346 g/mol. The summed E-state index contributed by atoms with van der Waals surface area (Å²) in [4.78, 5) is 14.2. The van der Waals surface area contributed by atoms with Crippen LogP contribution in [0.15, 0.2) is 30.3 Å². The number of rotatable bonds is 3. The highest BCUT2D eigenvalue weighted by Crippen LogP contribution is 2.44. The van der Waals surface area contributed by atoms with Gasteiger partial charge in [0.1, 0.15) is 5.82 Å². The Kier molecular flexibility index (Phi) is 4.64. The molecule has 2 nitrogen and oxygen atoms in total. The lowest BCUT2D eigenvalue weighted by Gasteiger charge is -2.27. The lowest BCUT2D eigenvalue weighted by molar-refractivity contribution is -0.117. The number of amides is 1. The van der Waals surface area contributed by atoms with Crippen LogP contribution in [0.2, 0.25) is 5.02 Å². The highest BCUT2D eigenvalue weighted by atomic mass is 35.5. The highest BCUT2D eigenvalue weighted by molar-refractivity contribution is 6.32. The molecule has 1 fully saturated rings. The van der Waals surface area contributed by atoms with E-state index in [0.717, 1.165) is 34.4 Å². The zero-order valence-electron chi connectivity index (χ0n) is 14.2. The van der Waals surface area contributed by atoms with Gasteiger partial charge in [-0.2, -0.15) is 0 Å². The van der Waals surface area contributed by atoms with E-state index in [1.54, 1.807) is 6.07 Å². The number of benzene rings is 2. The summed E-state index contributed by atoms with van der Waals surface area (Å²) in [6.45, 7) is 6.77. The predicted octanol–water partition coefficient (Wildman–Crippen LogP) is 5.70. The molecule has 0 N–H and O–H groups in total. The molecule has 2 aromatic rings. The Morgan fingerprint density at radius 1 is 1.25 bits per heavy atom. The summed E-state index contributed by atoms with van der Waals surface area (Å²) in [5.74, 6) is 0.0269. The molecule has 2 aromatic carbocycles. The van der Waals surface area contributed by atoms with Crippen LogP contribution in [0.1, 0.15) is 43.7 Å². The smallest absolute Gasteiger partial charge is 0.227 e. The molecule has 3 rings (SSSR count). The molecule has 1 heterocycles. The first-order valence-electron chi connectivity index (χ1n) is 8.29. The second-order valence-electron chi connectivity index (χ2n) is 6.61. The molecule has 0 aliphatic carbocycles. The van der Waals surface area contributed by atoms with E-state index in [1.165, 1.54) is 12.1 Å². The fourth-order valence-corrected chi connectivity index (χ4v) is 3.59. The van der Waals surface area contributed by atoms with Crippen molar-refractivity contribution in [3.63, 3.8) is 0 Å². The summed E-state index contributed by atoms with van der Waals surface area (Å²) in [5.41, 5.74) is 4.44. The van der Waals surface area contributed by atoms with Crippen LogP contribution in [0, 0.1) is 12.7 Å². The lowest BCUT2D eigenvalue weighted by atomic mass is 9.88. The van der Waals surface area contributed by atoms with Crippen molar-refractivity contribution in [3.8, 4) is 11.1 Å². The largest absolute Gasteiger partial charge is 0.311 e. The van der Waals surface area contributed by atoms with Crippen LogP contribution in [0.25, 0.3) is 11.1 Å². The molecular weight excluding hydrogens is 325 g/mol. The molecule has 0 unspecified atom stereocenters. The minimum Gasteiger partial charge on any atom is -0.311 e. The molecule has 1 aliphatic rings. The first-order chi connectivity index (χ1) is 11.4. The third kappa shape index (κ3) is 2.93. The molecule has 0 bridgehead atoms. The molecule has 1 amide bonds. The maximum absolute atomic E-state index is 13.8. The van der Waals surface area contributed by atoms with E-state index in [2.05, 4.69) is 13.8 Å². The van der Waals surface area contributed by atoms with Crippen LogP contribution < -0.4 is 4.90 Å². The van der Waals surface area contributed by atoms with E-state index in [0.29, 0.717) is 18.0 Å². The van der Waals surface area contributed by atoms with Crippen molar-refractivity contribution in [2.75, 3.05) is 11.4 Å². The first-order valence-corrected chi connectivity index (χ1v) is 8.67. The molecule has 0 aromatic heterocycles. The predicted molar refractivity (Wildman–Crippen MR) is 97.3 cm³/mol. The van der Waals surface area contributed by atoms with Gasteiger partial charge in [-0.25, -0.2) is 4.39 Å². The Hall–Kier alpha value is -1.87. The molecule has 0 radical (unpaired) electrons. The number of nitrogens with zero attached hydrogens (tertiary/aromatic N) is 1. The number of anilines is 1. The summed E-state index contributed by atoms with van der Waals surface area (Å²) in [7, 11) is 0. The average Bonchev–Trinajstić information content (AvgIpc) is 2.95. The van der Waals surface area contributed by atoms with Crippen LogP contribution >= 0.6 is 11.6 Å². The summed E-state index contributed by atoms with van der Waals surface area (Å²) in [5, 5.41) is 0.647. The van der Waals surface area contributed by atoms with Crippen molar-refractivity contribution in [2.45, 2.75) is 39.5 Å². The molecule has 24 heavy (non-hydrogen) atoms. The van der Waals surface area contributed by atoms with Gasteiger partial charge in [-0.15, -0.1) is 0 Å². The van der Waals surface area contributed by atoms with Gasteiger partial charge < -0.3 is 4.90 Å². The fourth-order valence-electron chi connectivity index (χ4n) is 3.38. The normalized spacial score (nSPS) is 14.8. The zero-order chi connectivity index (χ0) is 17.4. The first kappa shape index (κ1) is 17.0. The van der Waals surface area contributed by atoms with Crippen molar-refractivity contribution in [2.24, 2.45) is 0 Å². The van der Waals surface area contributed by atoms with Crippen molar-refractivity contribution in [1.29, 1.82) is 0 Å². The second-order valence-corrected chi connectivity index (χ2v) is 7.02. The van der Waals surface area contributed by atoms with Gasteiger partial charge in [-0.1, -0.05) is 37.6 Å². The molecule has 1 saturated heterocycles. The van der Waals surface area contributed by atoms with Crippen molar-refractivity contribution >= 4 is 23.2 Å². The number of halogens is 2. The number of hydrogen-bond donors (Lipinski definition) is 0. The monoisotopic (exact) mass is 345 g/mol. The van der Waals surface area contributed by atoms with Gasteiger partial charge in [0.05, 0.1) is 5.69 Å². The quantitative estimate of drug-likeness (QED) is 0.698. The summed E-state index contributed by atoms with van der Waals surface area (Å²) in [6, 6.07) is 8.50. The molecule has 1 aliphatic heterocycles. The van der Waals surface area contributed by atoms with E-state index >= 15 is 0 Å². The van der Waals surface area contributed by atoms with Crippen LogP contribution in [-0.4, -0.2) is 12.5 Å². The number of carbonyl (C=O) groups excluding carboxylic acids is 1. The van der Waals surface area contributed by atoms with E-state index in [9.17, 15) is 9.18 Å². The summed E-state index contributed by atoms with van der Waals surface area (Å²) >= 11 is 6.47. The van der Waals surface area contributed by atoms with Gasteiger partial charge in [0.25, 0.3) is 0 Å². The molecule has 0 atom stereocenters. The van der Waals surface area contributed by atoms with Gasteiger partial charge in [0.15, 0.2) is 0 Å². The van der Waals surface area contributed by atoms with Crippen LogP contribution in [0.5, 0.6) is 0 Å². The van der Waals surface area contributed by atoms with Gasteiger partial charge in [0.2, 0.25) is 5.91 Å². The maximum Gasteiger partial charge on any atom is 0.227 e. The maximum atomic E-state index is 13.8. The van der Waals surface area contributed by atoms with Crippen LogP contribution in [-0.2, 0) is 4.79 Å². The Morgan fingerprint density at radius 2 is 2.00 bits per heavy atom. The number of hydrogen-bond acceptors (Lipinski definition) is 1. The standard InChI is InChI=1S/C20H21ClFNO/c1-12(2)16-11-17(21)13(3)20(23-9-5-8-18(23)24)19(16)14-6-4-7-15(22)10-14/h4,6-7,10-12H,5,8-9H2,1-3H3. The van der Waals surface area contributed by atoms with Crippen LogP contribution in [0.3, 0.4) is 0 Å². The molecule has 4 heteroatoms. The van der Waals surface area contributed by atoms with Crippen molar-refractivity contribution in [1.82, 2.24) is 0 Å². The van der Waals surface area contributed by atoms with E-state index < -0.39 is 0 Å². The summed E-state index contributed by atoms with van der Waals surface area (Å²) < 4.78 is 13.8. The Balaban J connectivity index is 2.35. The molecular formula is C20H21ClFNO. The highest BCUT2D eigenvalue weighted by Gasteiger charge is 2.29. The molecule has 0 spiro atoms. The van der Waals surface area contributed by atoms with Gasteiger partial charge in [-0.05, 0) is 54.2 Å². The van der Waals surface area contributed by atoms with Crippen molar-refractivity contribution < 1.29 is 9.18 Å². The number of carbonyl (C=O) groups is 1. The Labute approximate surface area is 147 Å². The van der Waals surface area contributed by atoms with Crippen LogP contribution in [0.4, 0.5) is 10.1 Å². The van der Waals surface area contributed by atoms with Gasteiger partial charge in [0, 0.05) is 23.6 Å². The van der Waals surface area contributed by atoms with E-state index in [1.807, 2.05) is 24.0 Å². The van der Waals surface area contributed by atoms with E-state index in [4.69, 9.17) is 11.6 Å². The Bertz CT molecular complexity index is 800. The van der Waals surface area contributed by atoms with Gasteiger partial charge in [-0.3, -0.25) is 4.79 Å². The van der Waals surface area contributed by atoms with Gasteiger partial charge >= 0.3 is 0 Å². The van der Waals surface area contributed by atoms with Crippen molar-refractivity contribution in [3.05, 3.63) is 52.3 Å². The minimum absolute atomic E-state index is 0.104. The fraction of sp³-hybridized carbons (Fsp3) is 0.350. The Morgan fingerprint density at radius 3 is 2.58 bits per heavy atom. The minimum atomic E-state index is -0.284. The zero-order valence-corrected chi connectivity index (χ0v) is 15.0.